The van der Waals surface area contributed by atoms with Gasteiger partial charge in [0.25, 0.3) is 11.8 Å². The average molecular weight is 675 g/mol. The number of nitrogens with one attached hydrogen (secondary N) is 3. The molecule has 254 valence electrons. The minimum atomic E-state index is -3.72. The molecule has 11 nitrogen and oxygen atoms in total. The number of benzene rings is 4. The molecule has 0 aliphatic rings. The number of carbonyl (C=O) groups is 2. The van der Waals surface area contributed by atoms with E-state index in [1.54, 1.807) is 32.4 Å². The molecule has 0 aliphatic carbocycles. The highest BCUT2D eigenvalue weighted by Gasteiger charge is 2.24. The van der Waals surface area contributed by atoms with E-state index in [-0.39, 0.29) is 29.9 Å². The van der Waals surface area contributed by atoms with Gasteiger partial charge in [-0.1, -0.05) is 54.6 Å². The van der Waals surface area contributed by atoms with E-state index in [1.807, 2.05) is 60.7 Å². The lowest BCUT2D eigenvalue weighted by Crippen LogP contribution is -2.48. The maximum absolute atomic E-state index is 13.8. The number of hydrogen-bond acceptors (Lipinski definition) is 8. The van der Waals surface area contributed by atoms with Crippen LogP contribution in [-0.4, -0.2) is 71.6 Å². The SMILES string of the molecule is COc1cccc(CNCC(O)C(Cc2ccccc2)NC(=O)c2cc(C(=O)NCc3cccc(OC)c3)cc(N(C)S(C)(=O)=O)c2)c1. The molecule has 48 heavy (non-hydrogen) atoms. The largest absolute Gasteiger partial charge is 0.497 e. The third kappa shape index (κ3) is 10.3. The van der Waals surface area contributed by atoms with Crippen LogP contribution >= 0.6 is 0 Å². The molecule has 0 heterocycles. The predicted molar refractivity (Wildman–Crippen MR) is 186 cm³/mol. The second-order valence-electron chi connectivity index (χ2n) is 11.4. The number of nitrogens with zero attached hydrogens (tertiary/aromatic N) is 1. The van der Waals surface area contributed by atoms with E-state index in [0.717, 1.165) is 33.0 Å². The molecule has 4 aromatic carbocycles. The van der Waals surface area contributed by atoms with E-state index in [0.29, 0.717) is 18.7 Å². The van der Waals surface area contributed by atoms with Crippen LogP contribution in [0.5, 0.6) is 11.5 Å². The van der Waals surface area contributed by atoms with Crippen LogP contribution < -0.4 is 29.7 Å². The Morgan fingerprint density at radius 3 is 1.92 bits per heavy atom. The van der Waals surface area contributed by atoms with E-state index >= 15 is 0 Å². The minimum Gasteiger partial charge on any atom is -0.497 e. The van der Waals surface area contributed by atoms with Crippen LogP contribution in [0, 0.1) is 0 Å². The third-order valence-corrected chi connectivity index (χ3v) is 8.99. The zero-order valence-corrected chi connectivity index (χ0v) is 28.3. The first-order valence-electron chi connectivity index (χ1n) is 15.3. The Bertz CT molecular complexity index is 1800. The molecular weight excluding hydrogens is 632 g/mol. The van der Waals surface area contributed by atoms with Gasteiger partial charge in [0.15, 0.2) is 0 Å². The molecule has 2 amide bonds. The zero-order valence-electron chi connectivity index (χ0n) is 27.5. The minimum absolute atomic E-state index is 0.0594. The summed E-state index contributed by atoms with van der Waals surface area (Å²) >= 11 is 0. The van der Waals surface area contributed by atoms with E-state index in [9.17, 15) is 23.1 Å². The maximum atomic E-state index is 13.8. The molecule has 0 spiro atoms. The fraction of sp³-hybridized carbons (Fsp3) is 0.278. The average Bonchev–Trinajstić information content (AvgIpc) is 3.09. The molecule has 4 rings (SSSR count). The van der Waals surface area contributed by atoms with Crippen molar-refractivity contribution in [3.05, 3.63) is 125 Å². The van der Waals surface area contributed by atoms with Crippen molar-refractivity contribution in [3.8, 4) is 11.5 Å². The Morgan fingerprint density at radius 2 is 1.33 bits per heavy atom. The van der Waals surface area contributed by atoms with Crippen LogP contribution in [0.1, 0.15) is 37.4 Å². The number of aliphatic hydroxyl groups is 1. The van der Waals surface area contributed by atoms with Gasteiger partial charge in [-0.05, 0) is 65.6 Å². The van der Waals surface area contributed by atoms with Gasteiger partial charge in [0.05, 0.1) is 38.3 Å². The van der Waals surface area contributed by atoms with Crippen LogP contribution in [0.15, 0.2) is 97.1 Å². The number of ether oxygens (including phenoxy) is 2. The second-order valence-corrected chi connectivity index (χ2v) is 13.4. The number of rotatable bonds is 16. The van der Waals surface area contributed by atoms with Crippen LogP contribution in [-0.2, 0) is 29.5 Å². The lowest BCUT2D eigenvalue weighted by Gasteiger charge is -2.25. The first kappa shape index (κ1) is 35.9. The molecule has 4 N–H and O–H groups in total. The Balaban J connectivity index is 1.56. The van der Waals surface area contributed by atoms with Gasteiger partial charge in [-0.25, -0.2) is 8.42 Å². The van der Waals surface area contributed by atoms with Crippen molar-refractivity contribution in [1.29, 1.82) is 0 Å². The summed E-state index contributed by atoms with van der Waals surface area (Å²) in [5.41, 5.74) is 2.95. The highest BCUT2D eigenvalue weighted by Crippen LogP contribution is 2.22. The van der Waals surface area contributed by atoms with Gasteiger partial charge in [-0.15, -0.1) is 0 Å². The summed E-state index contributed by atoms with van der Waals surface area (Å²) in [5.74, 6) is 0.285. The molecule has 0 fully saturated rings. The van der Waals surface area contributed by atoms with E-state index in [2.05, 4.69) is 16.0 Å². The summed E-state index contributed by atoms with van der Waals surface area (Å²) in [7, 11) is 0.778. The Kier molecular flexibility index (Phi) is 12.6. The molecule has 0 bridgehead atoms. The number of sulfonamides is 1. The van der Waals surface area contributed by atoms with E-state index in [4.69, 9.17) is 9.47 Å². The summed E-state index contributed by atoms with van der Waals surface area (Å²) in [6.45, 7) is 0.815. The van der Waals surface area contributed by atoms with Crippen molar-refractivity contribution in [1.82, 2.24) is 16.0 Å². The molecule has 4 aromatic rings. The summed E-state index contributed by atoms with van der Waals surface area (Å²) < 4.78 is 36.4. The Hall–Kier alpha value is -4.91. The summed E-state index contributed by atoms with van der Waals surface area (Å²) in [6, 6.07) is 27.7. The number of anilines is 1. The van der Waals surface area contributed by atoms with E-state index < -0.39 is 34.0 Å². The fourth-order valence-electron chi connectivity index (χ4n) is 5.01. The normalized spacial score (nSPS) is 12.4. The first-order valence-corrected chi connectivity index (χ1v) is 17.2. The molecule has 2 unspecified atom stereocenters. The quantitative estimate of drug-likeness (QED) is 0.141. The topological polar surface area (TPSA) is 146 Å². The predicted octanol–water partition coefficient (Wildman–Crippen LogP) is 3.52. The Morgan fingerprint density at radius 1 is 0.771 bits per heavy atom. The van der Waals surface area contributed by atoms with Crippen LogP contribution in [0.3, 0.4) is 0 Å². The molecule has 0 aromatic heterocycles. The highest BCUT2D eigenvalue weighted by molar-refractivity contribution is 7.92. The van der Waals surface area contributed by atoms with Gasteiger partial charge < -0.3 is 30.5 Å². The number of carbonyl (C=O) groups excluding carboxylic acids is 2. The molecule has 12 heteroatoms. The molecule has 0 saturated heterocycles. The van der Waals surface area contributed by atoms with Gasteiger partial charge >= 0.3 is 0 Å². The number of aliphatic hydroxyl groups excluding tert-OH is 1. The second kappa shape index (κ2) is 16.8. The van der Waals surface area contributed by atoms with Gasteiger partial charge in [-0.2, -0.15) is 0 Å². The number of amides is 2. The summed E-state index contributed by atoms with van der Waals surface area (Å²) in [4.78, 5) is 27.1. The molecule has 0 aliphatic heterocycles. The number of methoxy groups -OCH3 is 2. The third-order valence-electron chi connectivity index (χ3n) is 7.79. The van der Waals surface area contributed by atoms with Crippen molar-refractivity contribution >= 4 is 27.5 Å². The zero-order chi connectivity index (χ0) is 34.7. The van der Waals surface area contributed by atoms with Gasteiger partial charge in [0.1, 0.15) is 11.5 Å². The standard InChI is InChI=1S/C36H42N4O7S/c1-40(48(4,44)45)30-20-28(35(42)38-23-27-13-9-15-32(17-27)47-3)19-29(21-30)36(43)39-33(18-25-10-6-5-7-11-25)34(41)24-37-22-26-12-8-14-31(16-26)46-2/h5-17,19-21,33-34,37,41H,18,22-24H2,1-4H3,(H,38,42)(H,39,43). The molecule has 0 radical (unpaired) electrons. The lowest BCUT2D eigenvalue weighted by atomic mass is 10.00. The van der Waals surface area contributed by atoms with Crippen molar-refractivity contribution < 1.29 is 32.6 Å². The first-order chi connectivity index (χ1) is 23.0. The van der Waals surface area contributed by atoms with Gasteiger partial charge in [0, 0.05) is 37.8 Å². The van der Waals surface area contributed by atoms with Crippen LogP contribution in [0.2, 0.25) is 0 Å². The summed E-state index contributed by atoms with van der Waals surface area (Å²) in [5, 5.41) is 20.3. The molecule has 2 atom stereocenters. The maximum Gasteiger partial charge on any atom is 0.251 e. The van der Waals surface area contributed by atoms with Crippen LogP contribution in [0.4, 0.5) is 5.69 Å². The molecule has 0 saturated carbocycles. The lowest BCUT2D eigenvalue weighted by molar-refractivity contribution is 0.0830. The van der Waals surface area contributed by atoms with Crippen molar-refractivity contribution in [2.45, 2.75) is 31.7 Å². The highest BCUT2D eigenvalue weighted by atomic mass is 32.2. The van der Waals surface area contributed by atoms with E-state index in [1.165, 1.54) is 25.2 Å². The van der Waals surface area contributed by atoms with Crippen molar-refractivity contribution in [2.24, 2.45) is 0 Å². The van der Waals surface area contributed by atoms with Crippen molar-refractivity contribution in [2.75, 3.05) is 38.4 Å². The van der Waals surface area contributed by atoms with Gasteiger partial charge in [-0.3, -0.25) is 13.9 Å². The fourth-order valence-corrected chi connectivity index (χ4v) is 5.49. The van der Waals surface area contributed by atoms with Gasteiger partial charge in [0.2, 0.25) is 10.0 Å². The van der Waals surface area contributed by atoms with Crippen LogP contribution in [0.25, 0.3) is 0 Å². The Labute approximate surface area is 281 Å². The monoisotopic (exact) mass is 674 g/mol. The summed E-state index contributed by atoms with van der Waals surface area (Å²) in [6.07, 6.45) is 0.366. The van der Waals surface area contributed by atoms with Crippen molar-refractivity contribution in [3.63, 3.8) is 0 Å². The molecular formula is C36H42N4O7S. The number of hydrogen-bond donors (Lipinski definition) is 4. The smallest absolute Gasteiger partial charge is 0.251 e.